The Kier molecular flexibility index (Phi) is 4.58. The van der Waals surface area contributed by atoms with Crippen LogP contribution in [0.3, 0.4) is 0 Å². The zero-order chi connectivity index (χ0) is 17.3. The number of aromatic nitrogens is 1. The van der Waals surface area contributed by atoms with E-state index in [0.717, 1.165) is 12.1 Å². The normalized spacial score (nSPS) is 12.2. The molecule has 0 aliphatic heterocycles. The number of carbonyl (C=O) groups excluding carboxylic acids is 1. The maximum Gasteiger partial charge on any atom is 0.272 e. The Labute approximate surface area is 134 Å². The van der Waals surface area contributed by atoms with Gasteiger partial charge in [0.15, 0.2) is 0 Å². The lowest BCUT2D eigenvalue weighted by atomic mass is 10.1. The molecule has 0 radical (unpaired) electrons. The number of amides is 1. The fourth-order valence-electron chi connectivity index (χ4n) is 1.92. The van der Waals surface area contributed by atoms with Crippen molar-refractivity contribution in [3.8, 4) is 0 Å². The molecule has 8 heteroatoms. The molecule has 2 rings (SSSR count). The number of aromatic amines is 1. The number of benzene rings is 1. The molecule has 124 valence electrons. The predicted molar refractivity (Wildman–Crippen MR) is 85.2 cm³/mol. The molecule has 1 aromatic carbocycles. The summed E-state index contributed by atoms with van der Waals surface area (Å²) in [5, 5.41) is 2.52. The highest BCUT2D eigenvalue weighted by Crippen LogP contribution is 2.21. The van der Waals surface area contributed by atoms with E-state index in [1.165, 1.54) is 6.07 Å². The van der Waals surface area contributed by atoms with Gasteiger partial charge in [-0.25, -0.2) is 17.5 Å². The molecule has 2 aromatic rings. The Morgan fingerprint density at radius 3 is 2.48 bits per heavy atom. The molecule has 0 aliphatic carbocycles. The van der Waals surface area contributed by atoms with Crippen molar-refractivity contribution in [2.75, 3.05) is 5.32 Å². The van der Waals surface area contributed by atoms with Crippen LogP contribution < -0.4 is 10.0 Å². The Balaban J connectivity index is 2.31. The van der Waals surface area contributed by atoms with Gasteiger partial charge < -0.3 is 10.3 Å². The minimum Gasteiger partial charge on any atom is -0.357 e. The lowest BCUT2D eigenvalue weighted by Crippen LogP contribution is -2.40. The second kappa shape index (κ2) is 6.13. The number of rotatable bonds is 4. The van der Waals surface area contributed by atoms with E-state index in [1.807, 2.05) is 0 Å². The van der Waals surface area contributed by atoms with E-state index in [1.54, 1.807) is 39.1 Å². The van der Waals surface area contributed by atoms with Crippen molar-refractivity contribution in [3.63, 3.8) is 0 Å². The maximum absolute atomic E-state index is 13.9. The number of hydrogen-bond donors (Lipinski definition) is 3. The van der Waals surface area contributed by atoms with Crippen LogP contribution in [0.25, 0.3) is 0 Å². The Morgan fingerprint density at radius 2 is 1.91 bits per heavy atom. The molecule has 0 saturated carbocycles. The van der Waals surface area contributed by atoms with Crippen LogP contribution in [0.5, 0.6) is 0 Å². The number of anilines is 1. The van der Waals surface area contributed by atoms with Crippen LogP contribution in [-0.2, 0) is 10.0 Å². The fraction of sp³-hybridized carbons (Fsp3) is 0.267. The summed E-state index contributed by atoms with van der Waals surface area (Å²) in [6.07, 6.45) is 1.59. The molecule has 0 spiro atoms. The third-order valence-electron chi connectivity index (χ3n) is 2.76. The summed E-state index contributed by atoms with van der Waals surface area (Å²) in [5.41, 5.74) is -0.263. The highest BCUT2D eigenvalue weighted by molar-refractivity contribution is 7.89. The number of carbonyl (C=O) groups is 1. The molecule has 0 saturated heterocycles. The molecule has 0 aliphatic rings. The summed E-state index contributed by atoms with van der Waals surface area (Å²) in [7, 11) is -4.04. The first-order valence-corrected chi connectivity index (χ1v) is 8.35. The van der Waals surface area contributed by atoms with Crippen molar-refractivity contribution in [2.45, 2.75) is 31.2 Å². The fourth-order valence-corrected chi connectivity index (χ4v) is 3.44. The molecule has 0 bridgehead atoms. The third kappa shape index (κ3) is 4.40. The van der Waals surface area contributed by atoms with Crippen LogP contribution in [0.4, 0.5) is 10.1 Å². The lowest BCUT2D eigenvalue weighted by Gasteiger charge is -2.20. The molecular formula is C15H18FN3O3S. The minimum absolute atomic E-state index is 0.181. The van der Waals surface area contributed by atoms with Gasteiger partial charge in [0.2, 0.25) is 10.0 Å². The van der Waals surface area contributed by atoms with Gasteiger partial charge in [0.25, 0.3) is 5.91 Å². The van der Waals surface area contributed by atoms with E-state index in [9.17, 15) is 17.6 Å². The Bertz CT molecular complexity index is 809. The standard InChI is InChI=1S/C15H18FN3O3S/c1-15(2,3)19-23(21,22)13-9-10(6-7-11(13)16)18-14(20)12-5-4-8-17-12/h4-9,17,19H,1-3H3,(H,18,20). The maximum atomic E-state index is 13.9. The highest BCUT2D eigenvalue weighted by Gasteiger charge is 2.25. The summed E-state index contributed by atoms with van der Waals surface area (Å²) < 4.78 is 40.8. The summed E-state index contributed by atoms with van der Waals surface area (Å²) in [5.74, 6) is -1.34. The highest BCUT2D eigenvalue weighted by atomic mass is 32.2. The molecule has 0 atom stereocenters. The van der Waals surface area contributed by atoms with Gasteiger partial charge in [0, 0.05) is 17.4 Å². The third-order valence-corrected chi connectivity index (χ3v) is 4.53. The minimum atomic E-state index is -4.04. The molecule has 23 heavy (non-hydrogen) atoms. The summed E-state index contributed by atoms with van der Waals surface area (Å²) in [6.45, 7) is 4.96. The van der Waals surface area contributed by atoms with E-state index in [-0.39, 0.29) is 5.69 Å². The van der Waals surface area contributed by atoms with Gasteiger partial charge >= 0.3 is 0 Å². The van der Waals surface area contributed by atoms with Crippen LogP contribution in [-0.4, -0.2) is 24.8 Å². The van der Waals surface area contributed by atoms with Gasteiger partial charge in [-0.1, -0.05) is 0 Å². The zero-order valence-electron chi connectivity index (χ0n) is 13.0. The monoisotopic (exact) mass is 339 g/mol. The topological polar surface area (TPSA) is 91.1 Å². The number of halogens is 1. The van der Waals surface area contributed by atoms with Crippen molar-refractivity contribution < 1.29 is 17.6 Å². The van der Waals surface area contributed by atoms with Gasteiger partial charge in [0.05, 0.1) is 0 Å². The van der Waals surface area contributed by atoms with E-state index >= 15 is 0 Å². The van der Waals surface area contributed by atoms with Crippen molar-refractivity contribution in [3.05, 3.63) is 48.0 Å². The van der Waals surface area contributed by atoms with Gasteiger partial charge in [-0.05, 0) is 51.1 Å². The first kappa shape index (κ1) is 17.2. The smallest absolute Gasteiger partial charge is 0.272 e. The van der Waals surface area contributed by atoms with Gasteiger partial charge in [-0.15, -0.1) is 0 Å². The average Bonchev–Trinajstić information content (AvgIpc) is 2.92. The van der Waals surface area contributed by atoms with Crippen molar-refractivity contribution in [2.24, 2.45) is 0 Å². The molecule has 6 nitrogen and oxygen atoms in total. The van der Waals surface area contributed by atoms with Gasteiger partial charge in [-0.2, -0.15) is 0 Å². The summed E-state index contributed by atoms with van der Waals surface area (Å²) in [6, 6.07) is 6.61. The first-order valence-electron chi connectivity index (χ1n) is 6.87. The van der Waals surface area contributed by atoms with E-state index in [2.05, 4.69) is 15.0 Å². The van der Waals surface area contributed by atoms with Crippen LogP contribution in [0.15, 0.2) is 41.4 Å². The summed E-state index contributed by atoms with van der Waals surface area (Å²) in [4.78, 5) is 14.2. The number of nitrogens with one attached hydrogen (secondary N) is 3. The molecule has 3 N–H and O–H groups in total. The largest absolute Gasteiger partial charge is 0.357 e. The van der Waals surface area contributed by atoms with E-state index in [4.69, 9.17) is 0 Å². The van der Waals surface area contributed by atoms with Crippen LogP contribution in [0.2, 0.25) is 0 Å². The molecule has 1 aromatic heterocycles. The molecule has 1 heterocycles. The Morgan fingerprint density at radius 1 is 1.22 bits per heavy atom. The van der Waals surface area contributed by atoms with Crippen LogP contribution in [0.1, 0.15) is 31.3 Å². The molecule has 0 unspecified atom stereocenters. The van der Waals surface area contributed by atoms with E-state index < -0.39 is 32.2 Å². The summed E-state index contributed by atoms with van der Waals surface area (Å²) >= 11 is 0. The number of H-pyrrole nitrogens is 1. The lowest BCUT2D eigenvalue weighted by molar-refractivity contribution is 0.102. The molecule has 1 amide bonds. The second-order valence-electron chi connectivity index (χ2n) is 6.04. The number of sulfonamides is 1. The first-order chi connectivity index (χ1) is 10.6. The van der Waals surface area contributed by atoms with Gasteiger partial charge in [-0.3, -0.25) is 4.79 Å². The second-order valence-corrected chi connectivity index (χ2v) is 7.69. The van der Waals surface area contributed by atoms with Crippen molar-refractivity contribution >= 4 is 21.6 Å². The van der Waals surface area contributed by atoms with Crippen LogP contribution in [0, 0.1) is 5.82 Å². The SMILES string of the molecule is CC(C)(C)NS(=O)(=O)c1cc(NC(=O)c2ccc[nH]2)ccc1F. The van der Waals surface area contributed by atoms with Crippen LogP contribution >= 0.6 is 0 Å². The van der Waals surface area contributed by atoms with E-state index in [0.29, 0.717) is 5.69 Å². The zero-order valence-corrected chi connectivity index (χ0v) is 13.8. The predicted octanol–water partition coefficient (Wildman–Crippen LogP) is 2.48. The van der Waals surface area contributed by atoms with Crippen molar-refractivity contribution in [1.29, 1.82) is 0 Å². The Hall–Kier alpha value is -2.19. The average molecular weight is 339 g/mol. The van der Waals surface area contributed by atoms with Gasteiger partial charge in [0.1, 0.15) is 16.4 Å². The molecular weight excluding hydrogens is 321 g/mol. The van der Waals surface area contributed by atoms with Crippen molar-refractivity contribution in [1.82, 2.24) is 9.71 Å². The molecule has 0 fully saturated rings. The number of hydrogen-bond acceptors (Lipinski definition) is 3. The quantitative estimate of drug-likeness (QED) is 0.799.